The van der Waals surface area contributed by atoms with E-state index in [1.165, 1.54) is 0 Å². The highest BCUT2D eigenvalue weighted by molar-refractivity contribution is 9.10. The van der Waals surface area contributed by atoms with Crippen molar-refractivity contribution in [2.75, 3.05) is 5.32 Å². The molecule has 2 aromatic rings. The lowest BCUT2D eigenvalue weighted by atomic mass is 10.2. The Labute approximate surface area is 123 Å². The fourth-order valence-corrected chi connectivity index (χ4v) is 2.47. The second kappa shape index (κ2) is 5.62. The van der Waals surface area contributed by atoms with Crippen LogP contribution in [-0.4, -0.2) is 0 Å². The molecule has 0 saturated carbocycles. The highest BCUT2D eigenvalue weighted by Crippen LogP contribution is 2.27. The van der Waals surface area contributed by atoms with Crippen molar-refractivity contribution in [3.63, 3.8) is 0 Å². The van der Waals surface area contributed by atoms with Crippen LogP contribution in [0.25, 0.3) is 0 Å². The van der Waals surface area contributed by atoms with E-state index in [-0.39, 0.29) is 0 Å². The van der Waals surface area contributed by atoms with Crippen LogP contribution in [0.15, 0.2) is 40.9 Å². The van der Waals surface area contributed by atoms with Gasteiger partial charge >= 0.3 is 0 Å². The summed E-state index contributed by atoms with van der Waals surface area (Å²) in [7, 11) is 0. The number of hydrogen-bond acceptors (Lipinski definition) is 2. The summed E-state index contributed by atoms with van der Waals surface area (Å²) < 4.78 is 0.739. The average Bonchev–Trinajstić information content (AvgIpc) is 2.27. The summed E-state index contributed by atoms with van der Waals surface area (Å²) in [6, 6.07) is 12.7. The minimum atomic E-state index is 0.567. The minimum absolute atomic E-state index is 0.567. The van der Waals surface area contributed by atoms with E-state index in [0.717, 1.165) is 15.8 Å². The molecular weight excluding hydrogens is 335 g/mol. The van der Waals surface area contributed by atoms with Gasteiger partial charge in [-0.2, -0.15) is 5.26 Å². The highest BCUT2D eigenvalue weighted by atomic mass is 79.9. The first-order valence-corrected chi connectivity index (χ1v) is 6.56. The van der Waals surface area contributed by atoms with Crippen molar-refractivity contribution in [2.24, 2.45) is 0 Å². The van der Waals surface area contributed by atoms with Gasteiger partial charge < -0.3 is 5.32 Å². The van der Waals surface area contributed by atoms with Crippen LogP contribution in [0.3, 0.4) is 0 Å². The van der Waals surface area contributed by atoms with Gasteiger partial charge in [-0.3, -0.25) is 0 Å². The van der Waals surface area contributed by atoms with Crippen LogP contribution >= 0.6 is 39.1 Å². The van der Waals surface area contributed by atoms with Crippen LogP contribution in [-0.2, 0) is 0 Å². The monoisotopic (exact) mass is 340 g/mol. The molecule has 2 nitrogen and oxygen atoms in total. The molecule has 2 aromatic carbocycles. The summed E-state index contributed by atoms with van der Waals surface area (Å²) in [5, 5.41) is 13.1. The van der Waals surface area contributed by atoms with E-state index in [1.54, 1.807) is 24.3 Å². The van der Waals surface area contributed by atoms with E-state index < -0.39 is 0 Å². The van der Waals surface area contributed by atoms with Crippen LogP contribution in [0.5, 0.6) is 0 Å². The summed E-state index contributed by atoms with van der Waals surface area (Å²) in [5.74, 6) is 0. The first-order valence-electron chi connectivity index (χ1n) is 5.01. The molecule has 0 saturated heterocycles. The van der Waals surface area contributed by atoms with Crippen molar-refractivity contribution < 1.29 is 0 Å². The molecule has 18 heavy (non-hydrogen) atoms. The van der Waals surface area contributed by atoms with Crippen molar-refractivity contribution in [1.82, 2.24) is 0 Å². The molecule has 0 aliphatic rings. The summed E-state index contributed by atoms with van der Waals surface area (Å²) in [6.45, 7) is 0. The molecule has 2 rings (SSSR count). The van der Waals surface area contributed by atoms with Gasteiger partial charge in [-0.25, -0.2) is 0 Å². The lowest BCUT2D eigenvalue weighted by Crippen LogP contribution is -1.91. The fraction of sp³-hybridized carbons (Fsp3) is 0. The van der Waals surface area contributed by atoms with E-state index in [9.17, 15) is 0 Å². The topological polar surface area (TPSA) is 35.8 Å². The SMILES string of the molecule is N#Cc1ccc(Nc2cc(Cl)cc(Cl)c2)cc1Br. The van der Waals surface area contributed by atoms with E-state index in [0.29, 0.717) is 15.6 Å². The summed E-state index contributed by atoms with van der Waals surface area (Å²) in [4.78, 5) is 0. The Morgan fingerprint density at radius 2 is 1.67 bits per heavy atom. The number of rotatable bonds is 2. The van der Waals surface area contributed by atoms with Gasteiger partial charge in [-0.1, -0.05) is 23.2 Å². The Kier molecular flexibility index (Phi) is 4.13. The summed E-state index contributed by atoms with van der Waals surface area (Å²) >= 11 is 15.2. The zero-order chi connectivity index (χ0) is 13.1. The number of hydrogen-bond donors (Lipinski definition) is 1. The molecule has 0 aromatic heterocycles. The van der Waals surface area contributed by atoms with Gasteiger partial charge in [0.15, 0.2) is 0 Å². The molecule has 0 heterocycles. The van der Waals surface area contributed by atoms with Gasteiger partial charge in [-0.05, 0) is 52.3 Å². The Morgan fingerprint density at radius 1 is 1.00 bits per heavy atom. The van der Waals surface area contributed by atoms with Crippen LogP contribution in [0, 0.1) is 11.3 Å². The minimum Gasteiger partial charge on any atom is -0.355 e. The first kappa shape index (κ1) is 13.2. The first-order chi connectivity index (χ1) is 8.58. The van der Waals surface area contributed by atoms with Gasteiger partial charge in [0.25, 0.3) is 0 Å². The third kappa shape index (κ3) is 3.17. The predicted molar refractivity (Wildman–Crippen MR) is 78.6 cm³/mol. The second-order valence-corrected chi connectivity index (χ2v) is 5.32. The van der Waals surface area contributed by atoms with Crippen molar-refractivity contribution in [3.8, 4) is 6.07 Å². The van der Waals surface area contributed by atoms with Gasteiger partial charge in [0.1, 0.15) is 6.07 Å². The third-order valence-electron chi connectivity index (χ3n) is 2.24. The number of nitrogens with one attached hydrogen (secondary N) is 1. The standard InChI is InChI=1S/C13H7BrCl2N2/c14-13-6-11(2-1-8(13)7-17)18-12-4-9(15)3-10(16)5-12/h1-6,18H. The molecular formula is C13H7BrCl2N2. The molecule has 0 bridgehead atoms. The smallest absolute Gasteiger partial charge is 0.100 e. The molecule has 0 aliphatic heterocycles. The molecule has 0 spiro atoms. The Hall–Kier alpha value is -1.21. The van der Waals surface area contributed by atoms with E-state index in [4.69, 9.17) is 28.5 Å². The molecule has 1 N–H and O–H groups in total. The summed E-state index contributed by atoms with van der Waals surface area (Å²) in [6.07, 6.45) is 0. The van der Waals surface area contributed by atoms with Crippen LogP contribution in [0.4, 0.5) is 11.4 Å². The molecule has 0 amide bonds. The maximum absolute atomic E-state index is 8.84. The zero-order valence-electron chi connectivity index (χ0n) is 9.05. The van der Waals surface area contributed by atoms with E-state index in [2.05, 4.69) is 27.3 Å². The van der Waals surface area contributed by atoms with E-state index in [1.807, 2.05) is 12.1 Å². The zero-order valence-corrected chi connectivity index (χ0v) is 12.1. The predicted octanol–water partition coefficient (Wildman–Crippen LogP) is 5.37. The Bertz CT molecular complexity index is 615. The second-order valence-electron chi connectivity index (χ2n) is 3.59. The maximum Gasteiger partial charge on any atom is 0.100 e. The summed E-state index contributed by atoms with van der Waals surface area (Å²) in [5.41, 5.74) is 2.23. The number of nitriles is 1. The van der Waals surface area contributed by atoms with Crippen LogP contribution in [0.1, 0.15) is 5.56 Å². The quantitative estimate of drug-likeness (QED) is 0.796. The Morgan fingerprint density at radius 3 is 2.22 bits per heavy atom. The highest BCUT2D eigenvalue weighted by Gasteiger charge is 2.02. The molecule has 90 valence electrons. The average molecular weight is 342 g/mol. The van der Waals surface area contributed by atoms with Gasteiger partial charge in [0.2, 0.25) is 0 Å². The molecule has 0 atom stereocenters. The van der Waals surface area contributed by atoms with Gasteiger partial charge in [-0.15, -0.1) is 0 Å². The van der Waals surface area contributed by atoms with E-state index >= 15 is 0 Å². The maximum atomic E-state index is 8.84. The molecule has 5 heteroatoms. The van der Waals surface area contributed by atoms with Crippen LogP contribution in [0.2, 0.25) is 10.0 Å². The normalized spacial score (nSPS) is 9.89. The van der Waals surface area contributed by atoms with Crippen LogP contribution < -0.4 is 5.32 Å². The van der Waals surface area contributed by atoms with Crippen molar-refractivity contribution in [2.45, 2.75) is 0 Å². The molecule has 0 unspecified atom stereocenters. The molecule has 0 fully saturated rings. The van der Waals surface area contributed by atoms with Gasteiger partial charge in [0.05, 0.1) is 5.56 Å². The lowest BCUT2D eigenvalue weighted by molar-refractivity contribution is 1.45. The molecule has 0 aliphatic carbocycles. The number of halogens is 3. The van der Waals surface area contributed by atoms with Crippen molar-refractivity contribution >= 4 is 50.5 Å². The van der Waals surface area contributed by atoms with Gasteiger partial charge in [0, 0.05) is 25.9 Å². The largest absolute Gasteiger partial charge is 0.355 e. The fourth-order valence-electron chi connectivity index (χ4n) is 1.48. The van der Waals surface area contributed by atoms with Crippen molar-refractivity contribution in [3.05, 3.63) is 56.5 Å². The number of nitrogens with zero attached hydrogens (tertiary/aromatic N) is 1. The number of benzene rings is 2. The van der Waals surface area contributed by atoms with Crippen molar-refractivity contribution in [1.29, 1.82) is 5.26 Å². The lowest BCUT2D eigenvalue weighted by Gasteiger charge is -2.08. The third-order valence-corrected chi connectivity index (χ3v) is 3.33. The Balaban J connectivity index is 2.29. The number of anilines is 2. The molecule has 0 radical (unpaired) electrons.